The molecule has 0 radical (unpaired) electrons. The normalized spacial score (nSPS) is 12.2. The van der Waals surface area contributed by atoms with E-state index in [4.69, 9.17) is 4.98 Å². The SMILES string of the molecule is C=C/C(=C\N=CC)c1cnc2n[nH]c(-c3nc4c(-c5ccc(F)cc5)nccc4[nH]3)c2c1. The number of rotatable bonds is 5. The highest BCUT2D eigenvalue weighted by Gasteiger charge is 2.16. The number of nitrogens with zero attached hydrogens (tertiary/aromatic N) is 5. The second kappa shape index (κ2) is 7.99. The maximum Gasteiger partial charge on any atom is 0.181 e. The minimum Gasteiger partial charge on any atom is -0.337 e. The summed E-state index contributed by atoms with van der Waals surface area (Å²) in [7, 11) is 0. The molecule has 1 aromatic carbocycles. The van der Waals surface area contributed by atoms with Crippen LogP contribution in [0.1, 0.15) is 12.5 Å². The average Bonchev–Trinajstić information content (AvgIpc) is 3.43. The largest absolute Gasteiger partial charge is 0.337 e. The molecule has 0 atom stereocenters. The standard InChI is InChI=1S/C24H18FN7/c1-3-14(12-26-4-2)16-11-18-21(31-32-23(18)28-13-16)24-29-19-9-10-27-20(22(19)30-24)15-5-7-17(25)8-6-15/h3-13H,1H2,2H3,(H,29,30)(H,28,31,32)/b14-12+,26-4?. The molecule has 4 aromatic heterocycles. The number of fused-ring (bicyclic) bond motifs is 2. The number of imidazole rings is 1. The molecule has 0 fully saturated rings. The Morgan fingerprint density at radius 2 is 2.00 bits per heavy atom. The summed E-state index contributed by atoms with van der Waals surface area (Å²) in [6, 6.07) is 10.0. The van der Waals surface area contributed by atoms with E-state index in [9.17, 15) is 4.39 Å². The molecule has 7 nitrogen and oxygen atoms in total. The lowest BCUT2D eigenvalue weighted by molar-refractivity contribution is 0.628. The highest BCUT2D eigenvalue weighted by atomic mass is 19.1. The third-order valence-corrected chi connectivity index (χ3v) is 5.08. The van der Waals surface area contributed by atoms with Gasteiger partial charge in [0.2, 0.25) is 0 Å². The van der Waals surface area contributed by atoms with E-state index in [1.54, 1.807) is 43.0 Å². The van der Waals surface area contributed by atoms with Crippen molar-refractivity contribution in [2.45, 2.75) is 6.92 Å². The number of aromatic nitrogens is 6. The van der Waals surface area contributed by atoms with Crippen LogP contribution >= 0.6 is 0 Å². The molecule has 2 N–H and O–H groups in total. The minimum atomic E-state index is -0.298. The van der Waals surface area contributed by atoms with E-state index < -0.39 is 0 Å². The van der Waals surface area contributed by atoms with Gasteiger partial charge in [-0.2, -0.15) is 5.10 Å². The lowest BCUT2D eigenvalue weighted by Gasteiger charge is -2.01. The number of hydrogen-bond acceptors (Lipinski definition) is 5. The predicted octanol–water partition coefficient (Wildman–Crippen LogP) is 5.32. The van der Waals surface area contributed by atoms with Gasteiger partial charge in [-0.1, -0.05) is 12.7 Å². The lowest BCUT2D eigenvalue weighted by Crippen LogP contribution is -1.87. The van der Waals surface area contributed by atoms with Crippen molar-refractivity contribution in [2.24, 2.45) is 4.99 Å². The number of hydrogen-bond donors (Lipinski definition) is 2. The summed E-state index contributed by atoms with van der Waals surface area (Å²) in [6.45, 7) is 5.72. The van der Waals surface area contributed by atoms with Gasteiger partial charge in [0, 0.05) is 41.5 Å². The molecule has 0 saturated carbocycles. The van der Waals surface area contributed by atoms with Crippen molar-refractivity contribution >= 4 is 33.9 Å². The number of halogens is 1. The van der Waals surface area contributed by atoms with Crippen molar-refractivity contribution in [3.05, 3.63) is 79.0 Å². The van der Waals surface area contributed by atoms with Gasteiger partial charge < -0.3 is 4.98 Å². The monoisotopic (exact) mass is 423 g/mol. The number of benzene rings is 1. The van der Waals surface area contributed by atoms with E-state index in [-0.39, 0.29) is 5.82 Å². The average molecular weight is 423 g/mol. The molecule has 0 spiro atoms. The molecule has 4 heterocycles. The van der Waals surface area contributed by atoms with Crippen LogP contribution in [-0.2, 0) is 0 Å². The van der Waals surface area contributed by atoms with Gasteiger partial charge in [-0.25, -0.2) is 14.4 Å². The third-order valence-electron chi connectivity index (χ3n) is 5.08. The van der Waals surface area contributed by atoms with Crippen LogP contribution in [-0.4, -0.2) is 36.3 Å². The molecule has 8 heteroatoms. The Bertz CT molecular complexity index is 1510. The van der Waals surface area contributed by atoms with Crippen molar-refractivity contribution in [1.29, 1.82) is 0 Å². The van der Waals surface area contributed by atoms with E-state index in [2.05, 4.69) is 36.7 Å². The Labute approximate surface area is 182 Å². The van der Waals surface area contributed by atoms with Gasteiger partial charge >= 0.3 is 0 Å². The van der Waals surface area contributed by atoms with Crippen LogP contribution in [0.25, 0.3) is 50.4 Å². The fourth-order valence-electron chi connectivity index (χ4n) is 3.51. The summed E-state index contributed by atoms with van der Waals surface area (Å²) in [4.78, 5) is 21.2. The molecule has 0 aliphatic rings. The molecule has 0 amide bonds. The Morgan fingerprint density at radius 1 is 1.16 bits per heavy atom. The first-order valence-electron chi connectivity index (χ1n) is 9.94. The van der Waals surface area contributed by atoms with Gasteiger partial charge in [0.15, 0.2) is 11.5 Å². The number of aliphatic imine (C=N–C) groups is 1. The number of allylic oxidation sites excluding steroid dienone is 2. The summed E-state index contributed by atoms with van der Waals surface area (Å²) >= 11 is 0. The molecule has 0 aliphatic carbocycles. The second-order valence-corrected chi connectivity index (χ2v) is 7.04. The zero-order chi connectivity index (χ0) is 22.1. The first kappa shape index (κ1) is 19.5. The smallest absolute Gasteiger partial charge is 0.181 e. The quantitative estimate of drug-likeness (QED) is 0.295. The first-order valence-corrected chi connectivity index (χ1v) is 9.94. The van der Waals surface area contributed by atoms with Crippen molar-refractivity contribution < 1.29 is 4.39 Å². The highest BCUT2D eigenvalue weighted by molar-refractivity contribution is 5.96. The van der Waals surface area contributed by atoms with Gasteiger partial charge in [0.05, 0.1) is 16.6 Å². The highest BCUT2D eigenvalue weighted by Crippen LogP contribution is 2.31. The molecular formula is C24H18FN7. The summed E-state index contributed by atoms with van der Waals surface area (Å²) in [5.41, 5.74) is 5.94. The zero-order valence-corrected chi connectivity index (χ0v) is 17.2. The van der Waals surface area contributed by atoms with Crippen LogP contribution < -0.4 is 0 Å². The Kier molecular flexibility index (Phi) is 4.87. The third kappa shape index (κ3) is 3.37. The number of aromatic amines is 2. The molecule has 5 rings (SSSR count). The molecule has 156 valence electrons. The Hall–Kier alpha value is -4.46. The van der Waals surface area contributed by atoms with E-state index in [1.807, 2.05) is 19.1 Å². The van der Waals surface area contributed by atoms with Crippen LogP contribution in [0.15, 0.2) is 72.6 Å². The van der Waals surface area contributed by atoms with Crippen molar-refractivity contribution in [1.82, 2.24) is 30.1 Å². The van der Waals surface area contributed by atoms with Crippen molar-refractivity contribution in [3.8, 4) is 22.8 Å². The number of H-pyrrole nitrogens is 2. The lowest BCUT2D eigenvalue weighted by atomic mass is 10.1. The summed E-state index contributed by atoms with van der Waals surface area (Å²) in [5.74, 6) is 0.307. The van der Waals surface area contributed by atoms with E-state index in [0.717, 1.165) is 27.6 Å². The molecule has 5 aromatic rings. The molecule has 0 aliphatic heterocycles. The molecule has 0 bridgehead atoms. The van der Waals surface area contributed by atoms with E-state index >= 15 is 0 Å². The van der Waals surface area contributed by atoms with Crippen LogP contribution in [0, 0.1) is 5.82 Å². The zero-order valence-electron chi connectivity index (χ0n) is 17.2. The van der Waals surface area contributed by atoms with E-state index in [1.165, 1.54) is 12.1 Å². The fraction of sp³-hybridized carbons (Fsp3) is 0.0417. The minimum absolute atomic E-state index is 0.298. The second-order valence-electron chi connectivity index (χ2n) is 7.04. The number of nitrogens with one attached hydrogen (secondary N) is 2. The van der Waals surface area contributed by atoms with Gasteiger partial charge in [0.1, 0.15) is 17.0 Å². The molecular weight excluding hydrogens is 405 g/mol. The van der Waals surface area contributed by atoms with Gasteiger partial charge in [-0.3, -0.25) is 15.1 Å². The van der Waals surface area contributed by atoms with Gasteiger partial charge in [-0.05, 0) is 43.3 Å². The topological polar surface area (TPSA) is 95.5 Å². The molecule has 0 unspecified atom stereocenters. The maximum absolute atomic E-state index is 13.4. The summed E-state index contributed by atoms with van der Waals surface area (Å²) in [5, 5.41) is 8.16. The predicted molar refractivity (Wildman–Crippen MR) is 125 cm³/mol. The first-order chi connectivity index (χ1) is 15.7. The van der Waals surface area contributed by atoms with Crippen molar-refractivity contribution in [3.63, 3.8) is 0 Å². The maximum atomic E-state index is 13.4. The van der Waals surface area contributed by atoms with Crippen LogP contribution in [0.5, 0.6) is 0 Å². The number of pyridine rings is 2. The van der Waals surface area contributed by atoms with Crippen LogP contribution in [0.4, 0.5) is 4.39 Å². The Morgan fingerprint density at radius 3 is 2.78 bits per heavy atom. The van der Waals surface area contributed by atoms with Gasteiger partial charge in [0.25, 0.3) is 0 Å². The molecule has 0 saturated heterocycles. The van der Waals surface area contributed by atoms with Crippen LogP contribution in [0.3, 0.4) is 0 Å². The summed E-state index contributed by atoms with van der Waals surface area (Å²) in [6.07, 6.45) is 8.61. The van der Waals surface area contributed by atoms with Crippen molar-refractivity contribution in [2.75, 3.05) is 0 Å². The fourth-order valence-corrected chi connectivity index (χ4v) is 3.51. The van der Waals surface area contributed by atoms with Gasteiger partial charge in [-0.15, -0.1) is 0 Å². The molecule has 32 heavy (non-hydrogen) atoms. The Balaban J connectivity index is 1.65. The van der Waals surface area contributed by atoms with Crippen LogP contribution in [0.2, 0.25) is 0 Å². The summed E-state index contributed by atoms with van der Waals surface area (Å²) < 4.78 is 13.4. The van der Waals surface area contributed by atoms with E-state index in [0.29, 0.717) is 28.4 Å².